The highest BCUT2D eigenvalue weighted by Gasteiger charge is 2.10. The highest BCUT2D eigenvalue weighted by atomic mass is 16.1. The molecule has 0 aliphatic carbocycles. The Kier molecular flexibility index (Phi) is 4.01. The predicted molar refractivity (Wildman–Crippen MR) is 43.8 cm³/mol. The third kappa shape index (κ3) is 3.44. The van der Waals surface area contributed by atoms with Crippen LogP contribution in [0.4, 0.5) is 0 Å². The SMILES string of the molecule is C=CC(CC(C)=O)C(C)C. The van der Waals surface area contributed by atoms with Gasteiger partial charge in [0.25, 0.3) is 0 Å². The van der Waals surface area contributed by atoms with Gasteiger partial charge in [-0.2, -0.15) is 0 Å². The third-order valence-electron chi connectivity index (χ3n) is 1.68. The molecular weight excluding hydrogens is 124 g/mol. The summed E-state index contributed by atoms with van der Waals surface area (Å²) >= 11 is 0. The predicted octanol–water partition coefficient (Wildman–Crippen LogP) is 2.42. The topological polar surface area (TPSA) is 17.1 Å². The molecule has 0 N–H and O–H groups in total. The highest BCUT2D eigenvalue weighted by Crippen LogP contribution is 2.15. The second-order valence-corrected chi connectivity index (χ2v) is 3.05. The van der Waals surface area contributed by atoms with Crippen LogP contribution >= 0.6 is 0 Å². The molecule has 0 spiro atoms. The summed E-state index contributed by atoms with van der Waals surface area (Å²) in [7, 11) is 0. The van der Waals surface area contributed by atoms with Crippen LogP contribution in [0.25, 0.3) is 0 Å². The lowest BCUT2D eigenvalue weighted by atomic mass is 9.91. The molecule has 1 heteroatoms. The first-order chi connectivity index (χ1) is 4.57. The summed E-state index contributed by atoms with van der Waals surface area (Å²) in [5.41, 5.74) is 0. The second-order valence-electron chi connectivity index (χ2n) is 3.05. The van der Waals surface area contributed by atoms with Gasteiger partial charge in [0.1, 0.15) is 5.78 Å². The van der Waals surface area contributed by atoms with Crippen LogP contribution in [-0.2, 0) is 4.79 Å². The van der Waals surface area contributed by atoms with Gasteiger partial charge in [-0.3, -0.25) is 0 Å². The zero-order valence-electron chi connectivity index (χ0n) is 7.05. The molecule has 0 bridgehead atoms. The second kappa shape index (κ2) is 4.26. The largest absolute Gasteiger partial charge is 0.300 e. The minimum Gasteiger partial charge on any atom is -0.300 e. The first kappa shape index (κ1) is 9.41. The Morgan fingerprint density at radius 3 is 2.20 bits per heavy atom. The van der Waals surface area contributed by atoms with E-state index in [4.69, 9.17) is 0 Å². The zero-order valence-corrected chi connectivity index (χ0v) is 7.05. The maximum Gasteiger partial charge on any atom is 0.130 e. The molecule has 58 valence electrons. The zero-order chi connectivity index (χ0) is 8.15. The molecular formula is C9H16O. The van der Waals surface area contributed by atoms with Gasteiger partial charge in [0.15, 0.2) is 0 Å². The average molecular weight is 140 g/mol. The van der Waals surface area contributed by atoms with E-state index in [0.717, 1.165) is 0 Å². The van der Waals surface area contributed by atoms with Crippen LogP contribution in [0.15, 0.2) is 12.7 Å². The first-order valence-corrected chi connectivity index (χ1v) is 3.70. The molecule has 0 aliphatic heterocycles. The quantitative estimate of drug-likeness (QED) is 0.548. The Morgan fingerprint density at radius 1 is 1.60 bits per heavy atom. The van der Waals surface area contributed by atoms with Crippen molar-refractivity contribution < 1.29 is 4.79 Å². The number of carbonyl (C=O) groups excluding carboxylic acids is 1. The number of allylic oxidation sites excluding steroid dienone is 1. The Balaban J connectivity index is 3.83. The molecule has 0 heterocycles. The summed E-state index contributed by atoms with van der Waals surface area (Å²) < 4.78 is 0. The van der Waals surface area contributed by atoms with Gasteiger partial charge in [-0.1, -0.05) is 19.9 Å². The van der Waals surface area contributed by atoms with Gasteiger partial charge in [-0.15, -0.1) is 6.58 Å². The lowest BCUT2D eigenvalue weighted by Gasteiger charge is -2.13. The molecule has 10 heavy (non-hydrogen) atoms. The monoisotopic (exact) mass is 140 g/mol. The van der Waals surface area contributed by atoms with Crippen molar-refractivity contribution in [2.45, 2.75) is 27.2 Å². The van der Waals surface area contributed by atoms with Crippen LogP contribution in [0, 0.1) is 11.8 Å². The van der Waals surface area contributed by atoms with Crippen LogP contribution in [0.1, 0.15) is 27.2 Å². The Bertz CT molecular complexity index is 125. The van der Waals surface area contributed by atoms with E-state index in [-0.39, 0.29) is 5.78 Å². The minimum atomic E-state index is 0.249. The summed E-state index contributed by atoms with van der Waals surface area (Å²) in [4.78, 5) is 10.7. The maximum atomic E-state index is 10.7. The van der Waals surface area contributed by atoms with Gasteiger partial charge in [0, 0.05) is 6.42 Å². The summed E-state index contributed by atoms with van der Waals surface area (Å²) in [5, 5.41) is 0. The molecule has 0 rings (SSSR count). The molecule has 0 aliphatic rings. The van der Waals surface area contributed by atoms with Crippen LogP contribution in [0.5, 0.6) is 0 Å². The number of rotatable bonds is 4. The highest BCUT2D eigenvalue weighted by molar-refractivity contribution is 5.75. The summed E-state index contributed by atoms with van der Waals surface area (Å²) in [6, 6.07) is 0. The van der Waals surface area contributed by atoms with Crippen LogP contribution in [0.2, 0.25) is 0 Å². The van der Waals surface area contributed by atoms with Gasteiger partial charge >= 0.3 is 0 Å². The third-order valence-corrected chi connectivity index (χ3v) is 1.68. The Hall–Kier alpha value is -0.590. The maximum absolute atomic E-state index is 10.7. The van der Waals surface area contributed by atoms with Crippen molar-refractivity contribution in [3.63, 3.8) is 0 Å². The standard InChI is InChI=1S/C9H16O/c1-5-9(7(2)3)6-8(4)10/h5,7,9H,1,6H2,2-4H3. The molecule has 0 aromatic rings. The molecule has 0 saturated heterocycles. The summed E-state index contributed by atoms with van der Waals surface area (Å²) in [6.07, 6.45) is 2.51. The lowest BCUT2D eigenvalue weighted by Crippen LogP contribution is -2.09. The molecule has 0 amide bonds. The van der Waals surface area contributed by atoms with Crippen molar-refractivity contribution >= 4 is 5.78 Å². The fourth-order valence-electron chi connectivity index (χ4n) is 0.923. The molecule has 0 aromatic carbocycles. The molecule has 0 aromatic heterocycles. The van der Waals surface area contributed by atoms with Gasteiger partial charge in [0.05, 0.1) is 0 Å². The van der Waals surface area contributed by atoms with Crippen molar-refractivity contribution in [1.29, 1.82) is 0 Å². The Morgan fingerprint density at radius 2 is 2.10 bits per heavy atom. The van der Waals surface area contributed by atoms with E-state index in [1.807, 2.05) is 6.08 Å². The summed E-state index contributed by atoms with van der Waals surface area (Å²) in [5.74, 6) is 1.14. The van der Waals surface area contributed by atoms with E-state index in [9.17, 15) is 4.79 Å². The van der Waals surface area contributed by atoms with Crippen LogP contribution in [0.3, 0.4) is 0 Å². The van der Waals surface area contributed by atoms with Crippen molar-refractivity contribution in [2.24, 2.45) is 11.8 Å². The van der Waals surface area contributed by atoms with Gasteiger partial charge < -0.3 is 4.79 Å². The number of Topliss-reactive ketones (excluding diaryl/α,β-unsaturated/α-hetero) is 1. The van der Waals surface area contributed by atoms with E-state index in [2.05, 4.69) is 20.4 Å². The molecule has 1 atom stereocenters. The van der Waals surface area contributed by atoms with E-state index in [1.54, 1.807) is 6.92 Å². The van der Waals surface area contributed by atoms with Gasteiger partial charge in [-0.05, 0) is 18.8 Å². The summed E-state index contributed by atoms with van der Waals surface area (Å²) in [6.45, 7) is 9.52. The van der Waals surface area contributed by atoms with Crippen molar-refractivity contribution in [3.8, 4) is 0 Å². The van der Waals surface area contributed by atoms with E-state index in [0.29, 0.717) is 18.3 Å². The van der Waals surface area contributed by atoms with E-state index >= 15 is 0 Å². The minimum absolute atomic E-state index is 0.249. The molecule has 1 unspecified atom stereocenters. The first-order valence-electron chi connectivity index (χ1n) is 3.70. The number of hydrogen-bond acceptors (Lipinski definition) is 1. The van der Waals surface area contributed by atoms with E-state index in [1.165, 1.54) is 0 Å². The smallest absolute Gasteiger partial charge is 0.130 e. The van der Waals surface area contributed by atoms with Crippen molar-refractivity contribution in [1.82, 2.24) is 0 Å². The van der Waals surface area contributed by atoms with Crippen molar-refractivity contribution in [3.05, 3.63) is 12.7 Å². The number of hydrogen-bond donors (Lipinski definition) is 0. The molecule has 0 fully saturated rings. The molecule has 1 nitrogen and oxygen atoms in total. The lowest BCUT2D eigenvalue weighted by molar-refractivity contribution is -0.117. The molecule has 0 radical (unpaired) electrons. The average Bonchev–Trinajstić information content (AvgIpc) is 1.81. The van der Waals surface area contributed by atoms with Gasteiger partial charge in [-0.25, -0.2) is 0 Å². The number of carbonyl (C=O) groups is 1. The fourth-order valence-corrected chi connectivity index (χ4v) is 0.923. The Labute approximate surface area is 63.1 Å². The number of ketones is 1. The molecule has 0 saturated carbocycles. The normalized spacial score (nSPS) is 13.2. The van der Waals surface area contributed by atoms with Gasteiger partial charge in [0.2, 0.25) is 0 Å². The van der Waals surface area contributed by atoms with Crippen LogP contribution < -0.4 is 0 Å². The van der Waals surface area contributed by atoms with Crippen LogP contribution in [-0.4, -0.2) is 5.78 Å². The van der Waals surface area contributed by atoms with E-state index < -0.39 is 0 Å². The van der Waals surface area contributed by atoms with Crippen molar-refractivity contribution in [2.75, 3.05) is 0 Å². The fraction of sp³-hybridized carbons (Fsp3) is 0.667.